The smallest absolute Gasteiger partial charge is 0.193 e. The van der Waals surface area contributed by atoms with Crippen LogP contribution in [0, 0.1) is 0 Å². The zero-order valence-electron chi connectivity index (χ0n) is 15.9. The van der Waals surface area contributed by atoms with Gasteiger partial charge in [-0.3, -0.25) is 5.43 Å². The fourth-order valence-corrected chi connectivity index (χ4v) is 4.19. The maximum Gasteiger partial charge on any atom is 0.193 e. The summed E-state index contributed by atoms with van der Waals surface area (Å²) in [4.78, 5) is 4.55. The van der Waals surface area contributed by atoms with Crippen LogP contribution in [0.2, 0.25) is 0 Å². The number of rotatable bonds is 5. The first-order valence-electron chi connectivity index (χ1n) is 9.03. The molecule has 5 nitrogen and oxygen atoms in total. The number of nitrogens with zero attached hydrogens (tertiary/aromatic N) is 2. The second-order valence-corrected chi connectivity index (χ2v) is 8.61. The standard InChI is InChI=1S/C22H17BrN4OS2/c1-28-17-11-12-18-19(13-17)30-22(24-18)25-21(29)27-26-20(14-5-3-2-4-6-14)15-7-9-16(23)10-8-15/h2-13H,1H3,(H2,24,25,27,29)/b26-20-. The Kier molecular flexibility index (Phi) is 6.37. The highest BCUT2D eigenvalue weighted by Crippen LogP contribution is 2.29. The molecule has 0 bridgehead atoms. The Morgan fingerprint density at radius 2 is 1.77 bits per heavy atom. The average molecular weight is 497 g/mol. The van der Waals surface area contributed by atoms with Crippen LogP contribution in [-0.2, 0) is 0 Å². The third kappa shape index (κ3) is 4.84. The van der Waals surface area contributed by atoms with Crippen molar-refractivity contribution in [2.75, 3.05) is 12.4 Å². The Morgan fingerprint density at radius 1 is 1.03 bits per heavy atom. The molecule has 0 spiro atoms. The number of ether oxygens (including phenoxy) is 1. The van der Waals surface area contributed by atoms with Crippen LogP contribution >= 0.6 is 39.5 Å². The lowest BCUT2D eigenvalue weighted by molar-refractivity contribution is 0.415. The summed E-state index contributed by atoms with van der Waals surface area (Å²) in [6, 6.07) is 23.7. The first-order chi connectivity index (χ1) is 14.6. The molecule has 0 saturated carbocycles. The van der Waals surface area contributed by atoms with E-state index < -0.39 is 0 Å². The lowest BCUT2D eigenvalue weighted by Gasteiger charge is -2.09. The van der Waals surface area contributed by atoms with Gasteiger partial charge in [0.15, 0.2) is 10.2 Å². The highest BCUT2D eigenvalue weighted by molar-refractivity contribution is 9.10. The van der Waals surface area contributed by atoms with Gasteiger partial charge in [-0.15, -0.1) is 0 Å². The summed E-state index contributed by atoms with van der Waals surface area (Å²) >= 11 is 10.4. The minimum Gasteiger partial charge on any atom is -0.497 e. The second-order valence-electron chi connectivity index (χ2n) is 6.25. The van der Waals surface area contributed by atoms with Gasteiger partial charge in [-0.1, -0.05) is 69.7 Å². The van der Waals surface area contributed by atoms with E-state index in [2.05, 4.69) is 36.8 Å². The number of thiocarbonyl (C=S) groups is 1. The minimum absolute atomic E-state index is 0.367. The van der Waals surface area contributed by atoms with Gasteiger partial charge in [0.2, 0.25) is 0 Å². The van der Waals surface area contributed by atoms with Gasteiger partial charge >= 0.3 is 0 Å². The van der Waals surface area contributed by atoms with Crippen LogP contribution in [0.25, 0.3) is 10.2 Å². The molecular weight excluding hydrogens is 480 g/mol. The van der Waals surface area contributed by atoms with E-state index in [0.717, 1.165) is 37.3 Å². The Morgan fingerprint density at radius 3 is 2.50 bits per heavy atom. The maximum atomic E-state index is 5.43. The lowest BCUT2D eigenvalue weighted by atomic mass is 10.0. The molecule has 0 fully saturated rings. The van der Waals surface area contributed by atoms with Gasteiger partial charge in [0.05, 0.1) is 23.0 Å². The van der Waals surface area contributed by atoms with Crippen molar-refractivity contribution in [2.24, 2.45) is 5.10 Å². The molecule has 30 heavy (non-hydrogen) atoms. The second kappa shape index (κ2) is 9.34. The Labute approximate surface area is 191 Å². The van der Waals surface area contributed by atoms with Crippen molar-refractivity contribution in [3.8, 4) is 5.75 Å². The van der Waals surface area contributed by atoms with Crippen LogP contribution in [0.4, 0.5) is 5.13 Å². The highest BCUT2D eigenvalue weighted by Gasteiger charge is 2.09. The van der Waals surface area contributed by atoms with Crippen LogP contribution in [0.5, 0.6) is 5.75 Å². The summed E-state index contributed by atoms with van der Waals surface area (Å²) in [6.45, 7) is 0. The number of halogens is 1. The van der Waals surface area contributed by atoms with E-state index in [1.165, 1.54) is 11.3 Å². The molecule has 8 heteroatoms. The molecule has 0 saturated heterocycles. The van der Waals surface area contributed by atoms with E-state index in [0.29, 0.717) is 10.2 Å². The van der Waals surface area contributed by atoms with Crippen LogP contribution in [0.3, 0.4) is 0 Å². The number of nitrogens with one attached hydrogen (secondary N) is 2. The summed E-state index contributed by atoms with van der Waals surface area (Å²) < 4.78 is 7.30. The number of hydrogen-bond acceptors (Lipinski definition) is 5. The van der Waals surface area contributed by atoms with Crippen molar-refractivity contribution in [1.82, 2.24) is 10.4 Å². The number of anilines is 1. The van der Waals surface area contributed by atoms with Gasteiger partial charge in [0.25, 0.3) is 0 Å². The predicted molar refractivity (Wildman–Crippen MR) is 132 cm³/mol. The predicted octanol–water partition coefficient (Wildman–Crippen LogP) is 5.81. The molecule has 2 N–H and O–H groups in total. The fourth-order valence-electron chi connectivity index (χ4n) is 2.82. The molecule has 0 aliphatic rings. The molecule has 4 aromatic rings. The highest BCUT2D eigenvalue weighted by atomic mass is 79.9. The molecule has 0 atom stereocenters. The molecule has 0 amide bonds. The summed E-state index contributed by atoms with van der Waals surface area (Å²) in [5.74, 6) is 0.796. The van der Waals surface area contributed by atoms with Crippen molar-refractivity contribution in [2.45, 2.75) is 0 Å². The van der Waals surface area contributed by atoms with Gasteiger partial charge in [-0.25, -0.2) is 4.98 Å². The summed E-state index contributed by atoms with van der Waals surface area (Å²) in [7, 11) is 1.65. The quantitative estimate of drug-likeness (QED) is 0.207. The molecule has 0 aliphatic heterocycles. The maximum absolute atomic E-state index is 5.43. The number of hydrazone groups is 1. The zero-order valence-corrected chi connectivity index (χ0v) is 19.1. The topological polar surface area (TPSA) is 58.5 Å². The SMILES string of the molecule is COc1ccc2nc(NC(=S)N/N=C(/c3ccccc3)c3ccc(Br)cc3)sc2c1. The molecule has 3 aromatic carbocycles. The van der Waals surface area contributed by atoms with E-state index in [4.69, 9.17) is 17.0 Å². The molecule has 1 heterocycles. The number of benzene rings is 3. The molecule has 0 radical (unpaired) electrons. The van der Waals surface area contributed by atoms with Crippen molar-refractivity contribution in [1.29, 1.82) is 0 Å². The molecule has 1 aromatic heterocycles. The van der Waals surface area contributed by atoms with Crippen LogP contribution in [0.1, 0.15) is 11.1 Å². The van der Waals surface area contributed by atoms with Crippen molar-refractivity contribution in [3.63, 3.8) is 0 Å². The molecule has 4 rings (SSSR count). The van der Waals surface area contributed by atoms with E-state index in [-0.39, 0.29) is 0 Å². The monoisotopic (exact) mass is 496 g/mol. The van der Waals surface area contributed by atoms with Crippen molar-refractivity contribution < 1.29 is 4.74 Å². The van der Waals surface area contributed by atoms with E-state index >= 15 is 0 Å². The Balaban J connectivity index is 1.54. The summed E-state index contributed by atoms with van der Waals surface area (Å²) in [6.07, 6.45) is 0. The third-order valence-corrected chi connectivity index (χ3v) is 5.91. The molecular formula is C22H17BrN4OS2. The first kappa shape index (κ1) is 20.5. The first-order valence-corrected chi connectivity index (χ1v) is 11.0. The fraction of sp³-hybridized carbons (Fsp3) is 0.0455. The Bertz CT molecular complexity index is 1210. The van der Waals surface area contributed by atoms with E-state index in [9.17, 15) is 0 Å². The van der Waals surface area contributed by atoms with Gasteiger partial charge < -0.3 is 10.1 Å². The zero-order chi connectivity index (χ0) is 20.9. The number of hydrogen-bond donors (Lipinski definition) is 2. The van der Waals surface area contributed by atoms with Gasteiger partial charge in [-0.2, -0.15) is 5.10 Å². The van der Waals surface area contributed by atoms with E-state index in [1.54, 1.807) is 7.11 Å². The van der Waals surface area contributed by atoms with Crippen molar-refractivity contribution in [3.05, 3.63) is 88.4 Å². The normalized spacial score (nSPS) is 11.3. The van der Waals surface area contributed by atoms with Gasteiger partial charge in [0.1, 0.15) is 5.75 Å². The number of fused-ring (bicyclic) bond motifs is 1. The minimum atomic E-state index is 0.367. The molecule has 150 valence electrons. The van der Waals surface area contributed by atoms with E-state index in [1.807, 2.05) is 72.8 Å². The third-order valence-electron chi connectivity index (χ3n) is 4.25. The summed E-state index contributed by atoms with van der Waals surface area (Å²) in [5, 5.41) is 8.74. The summed E-state index contributed by atoms with van der Waals surface area (Å²) in [5.41, 5.74) is 6.59. The molecule has 0 aliphatic carbocycles. The van der Waals surface area contributed by atoms with Gasteiger partial charge in [-0.05, 0) is 42.5 Å². The average Bonchev–Trinajstić information content (AvgIpc) is 3.17. The van der Waals surface area contributed by atoms with Crippen molar-refractivity contribution >= 4 is 65.7 Å². The molecule has 0 unspecified atom stereocenters. The number of aromatic nitrogens is 1. The largest absolute Gasteiger partial charge is 0.497 e. The Hall–Kier alpha value is -2.81. The van der Waals surface area contributed by atoms with Crippen LogP contribution in [-0.4, -0.2) is 22.9 Å². The van der Waals surface area contributed by atoms with Crippen LogP contribution in [0.15, 0.2) is 82.4 Å². The number of thiazole rings is 1. The van der Waals surface area contributed by atoms with Gasteiger partial charge in [0, 0.05) is 15.6 Å². The lowest BCUT2D eigenvalue weighted by Crippen LogP contribution is -2.25. The number of methoxy groups -OCH3 is 1. The van der Waals surface area contributed by atoms with Crippen LogP contribution < -0.4 is 15.5 Å².